The summed E-state index contributed by atoms with van der Waals surface area (Å²) in [6.45, 7) is 3.79. The molecule has 3 aromatic rings. The van der Waals surface area contributed by atoms with E-state index in [1.807, 2.05) is 30.3 Å². The molecule has 3 heterocycles. The zero-order chi connectivity index (χ0) is 19.6. The lowest BCUT2D eigenvalue weighted by atomic mass is 9.99. The van der Waals surface area contributed by atoms with Crippen LogP contribution in [0.2, 0.25) is 0 Å². The van der Waals surface area contributed by atoms with Gasteiger partial charge >= 0.3 is 5.97 Å². The Morgan fingerprint density at radius 1 is 1.32 bits per heavy atom. The molecule has 5 nitrogen and oxygen atoms in total. The normalized spacial score (nSPS) is 19.6. The molecule has 0 saturated carbocycles. The van der Waals surface area contributed by atoms with E-state index < -0.39 is 5.60 Å². The lowest BCUT2D eigenvalue weighted by Gasteiger charge is -2.33. The second kappa shape index (κ2) is 7.97. The molecule has 148 valence electrons. The van der Waals surface area contributed by atoms with Gasteiger partial charge in [-0.05, 0) is 49.9 Å². The fourth-order valence-electron chi connectivity index (χ4n) is 3.95. The third-order valence-corrected chi connectivity index (χ3v) is 6.65. The fraction of sp³-hybridized carbons (Fsp3) is 0.409. The summed E-state index contributed by atoms with van der Waals surface area (Å²) in [6, 6.07) is 11.9. The number of hydrogen-bond donors (Lipinski definition) is 0. The third kappa shape index (κ3) is 3.66. The Bertz CT molecular complexity index is 935. The molecule has 1 aromatic carbocycles. The zero-order valence-electron chi connectivity index (χ0n) is 16.2. The first-order valence-corrected chi connectivity index (χ1v) is 10.5. The maximum Gasteiger partial charge on any atom is 0.323 e. The SMILES string of the molecule is COC(=O)[C@@H]1CCCN1CC[C@@](C)(Oc1cccc2ccoc12)c1cccs1. The highest BCUT2D eigenvalue weighted by Gasteiger charge is 2.36. The fourth-order valence-corrected chi connectivity index (χ4v) is 4.80. The van der Waals surface area contributed by atoms with E-state index in [0.29, 0.717) is 0 Å². The van der Waals surface area contributed by atoms with Crippen LogP contribution in [-0.4, -0.2) is 37.1 Å². The molecule has 0 aliphatic carbocycles. The van der Waals surface area contributed by atoms with Gasteiger partial charge in [-0.2, -0.15) is 0 Å². The van der Waals surface area contributed by atoms with Gasteiger partial charge in [-0.15, -0.1) is 11.3 Å². The molecule has 6 heteroatoms. The number of benzene rings is 1. The van der Waals surface area contributed by atoms with E-state index in [0.717, 1.165) is 53.9 Å². The van der Waals surface area contributed by atoms with Gasteiger partial charge in [0.05, 0.1) is 13.4 Å². The van der Waals surface area contributed by atoms with Crippen molar-refractivity contribution in [2.45, 2.75) is 37.8 Å². The molecule has 2 atom stereocenters. The zero-order valence-corrected chi connectivity index (χ0v) is 17.0. The average Bonchev–Trinajstić information content (AvgIpc) is 3.47. The molecule has 0 amide bonds. The highest BCUT2D eigenvalue weighted by molar-refractivity contribution is 7.10. The number of ether oxygens (including phenoxy) is 2. The molecule has 0 unspecified atom stereocenters. The van der Waals surface area contributed by atoms with Crippen LogP contribution in [0.5, 0.6) is 5.75 Å². The molecular formula is C22H25NO4S. The maximum absolute atomic E-state index is 12.1. The number of hydrogen-bond acceptors (Lipinski definition) is 6. The van der Waals surface area contributed by atoms with Crippen molar-refractivity contribution in [3.63, 3.8) is 0 Å². The quantitative estimate of drug-likeness (QED) is 0.533. The van der Waals surface area contributed by atoms with Crippen LogP contribution in [0.15, 0.2) is 52.5 Å². The van der Waals surface area contributed by atoms with Crippen molar-refractivity contribution in [2.24, 2.45) is 0 Å². The molecule has 1 fully saturated rings. The lowest BCUT2D eigenvalue weighted by Crippen LogP contribution is -2.41. The van der Waals surface area contributed by atoms with Crippen molar-refractivity contribution in [1.29, 1.82) is 0 Å². The van der Waals surface area contributed by atoms with Crippen molar-refractivity contribution < 1.29 is 18.7 Å². The Labute approximate surface area is 168 Å². The van der Waals surface area contributed by atoms with Crippen molar-refractivity contribution in [3.05, 3.63) is 52.9 Å². The Morgan fingerprint density at radius 2 is 2.21 bits per heavy atom. The molecule has 28 heavy (non-hydrogen) atoms. The van der Waals surface area contributed by atoms with E-state index in [2.05, 4.69) is 23.3 Å². The van der Waals surface area contributed by atoms with Gasteiger partial charge in [0.15, 0.2) is 11.3 Å². The number of carbonyl (C=O) groups excluding carboxylic acids is 1. The molecule has 1 aliphatic rings. The molecule has 0 spiro atoms. The van der Waals surface area contributed by atoms with E-state index in [1.54, 1.807) is 17.6 Å². The number of carbonyl (C=O) groups is 1. The topological polar surface area (TPSA) is 51.9 Å². The Hall–Kier alpha value is -2.31. The van der Waals surface area contributed by atoms with Crippen molar-refractivity contribution in [3.8, 4) is 5.75 Å². The average molecular weight is 400 g/mol. The van der Waals surface area contributed by atoms with Crippen molar-refractivity contribution >= 4 is 28.3 Å². The predicted octanol–water partition coefficient (Wildman–Crippen LogP) is 4.82. The highest BCUT2D eigenvalue weighted by atomic mass is 32.1. The van der Waals surface area contributed by atoms with Gasteiger partial charge < -0.3 is 13.9 Å². The van der Waals surface area contributed by atoms with E-state index in [1.165, 1.54) is 7.11 Å². The lowest BCUT2D eigenvalue weighted by molar-refractivity contribution is -0.146. The summed E-state index contributed by atoms with van der Waals surface area (Å²) in [7, 11) is 1.46. The monoisotopic (exact) mass is 399 g/mol. The van der Waals surface area contributed by atoms with Crippen LogP contribution in [0.1, 0.15) is 31.1 Å². The van der Waals surface area contributed by atoms with Crippen LogP contribution < -0.4 is 4.74 Å². The van der Waals surface area contributed by atoms with Crippen LogP contribution >= 0.6 is 11.3 Å². The van der Waals surface area contributed by atoms with E-state index in [4.69, 9.17) is 13.9 Å². The Balaban J connectivity index is 1.57. The first-order valence-electron chi connectivity index (χ1n) is 9.62. The highest BCUT2D eigenvalue weighted by Crippen LogP contribution is 2.38. The van der Waals surface area contributed by atoms with Crippen molar-refractivity contribution in [2.75, 3.05) is 20.2 Å². The van der Waals surface area contributed by atoms with Crippen LogP contribution in [0, 0.1) is 0 Å². The number of fused-ring (bicyclic) bond motifs is 1. The number of rotatable bonds is 7. The number of esters is 1. The van der Waals surface area contributed by atoms with E-state index in [-0.39, 0.29) is 12.0 Å². The summed E-state index contributed by atoms with van der Waals surface area (Å²) in [5.41, 5.74) is 0.247. The first kappa shape index (κ1) is 19.0. The number of likely N-dealkylation sites (tertiary alicyclic amines) is 1. The summed E-state index contributed by atoms with van der Waals surface area (Å²) in [5.74, 6) is 0.598. The molecule has 1 aliphatic heterocycles. The standard InChI is InChI=1S/C22H25NO4S/c1-22(19-9-5-15-28-19,11-13-23-12-4-7-17(23)21(24)25-2)27-18-8-3-6-16-10-14-26-20(16)18/h3,5-6,8-10,14-15,17H,4,7,11-13H2,1-2H3/t17-,22+/m0/s1. The summed E-state index contributed by atoms with van der Waals surface area (Å²) in [4.78, 5) is 15.5. The molecule has 1 saturated heterocycles. The number of thiophene rings is 1. The van der Waals surface area contributed by atoms with Gasteiger partial charge in [-0.3, -0.25) is 9.69 Å². The minimum absolute atomic E-state index is 0.142. The third-order valence-electron chi connectivity index (χ3n) is 5.53. The van der Waals surface area contributed by atoms with E-state index in [9.17, 15) is 4.79 Å². The largest absolute Gasteiger partial charge is 0.478 e. The summed E-state index contributed by atoms with van der Waals surface area (Å²) >= 11 is 1.68. The second-order valence-electron chi connectivity index (χ2n) is 7.37. The van der Waals surface area contributed by atoms with Crippen LogP contribution in [-0.2, 0) is 15.1 Å². The number of para-hydroxylation sites is 1. The Morgan fingerprint density at radius 3 is 3.00 bits per heavy atom. The first-order chi connectivity index (χ1) is 13.6. The van der Waals surface area contributed by atoms with Gasteiger partial charge in [-0.1, -0.05) is 18.2 Å². The minimum Gasteiger partial charge on any atom is -0.478 e. The van der Waals surface area contributed by atoms with Crippen LogP contribution in [0.25, 0.3) is 11.0 Å². The van der Waals surface area contributed by atoms with Crippen LogP contribution in [0.4, 0.5) is 0 Å². The summed E-state index contributed by atoms with van der Waals surface area (Å²) < 4.78 is 17.2. The van der Waals surface area contributed by atoms with Gasteiger partial charge in [0.1, 0.15) is 11.6 Å². The van der Waals surface area contributed by atoms with E-state index >= 15 is 0 Å². The molecule has 4 rings (SSSR count). The van der Waals surface area contributed by atoms with Crippen LogP contribution in [0.3, 0.4) is 0 Å². The molecule has 0 radical (unpaired) electrons. The number of furan rings is 1. The predicted molar refractivity (Wildman–Crippen MR) is 110 cm³/mol. The van der Waals surface area contributed by atoms with Crippen molar-refractivity contribution in [1.82, 2.24) is 4.90 Å². The molecule has 0 N–H and O–H groups in total. The number of methoxy groups -OCH3 is 1. The van der Waals surface area contributed by atoms with Gasteiger partial charge in [0.2, 0.25) is 0 Å². The Kier molecular flexibility index (Phi) is 5.42. The summed E-state index contributed by atoms with van der Waals surface area (Å²) in [6.07, 6.45) is 4.32. The molecule has 0 bridgehead atoms. The molecule has 2 aromatic heterocycles. The molecular weight excluding hydrogens is 374 g/mol. The minimum atomic E-state index is -0.515. The second-order valence-corrected chi connectivity index (χ2v) is 8.32. The summed E-state index contributed by atoms with van der Waals surface area (Å²) in [5, 5.41) is 3.09. The maximum atomic E-state index is 12.1. The van der Waals surface area contributed by atoms with Gasteiger partial charge in [-0.25, -0.2) is 0 Å². The van der Waals surface area contributed by atoms with Gasteiger partial charge in [0.25, 0.3) is 0 Å². The smallest absolute Gasteiger partial charge is 0.323 e. The van der Waals surface area contributed by atoms with Gasteiger partial charge in [0, 0.05) is 23.2 Å². The number of nitrogens with zero attached hydrogens (tertiary/aromatic N) is 1.